The van der Waals surface area contributed by atoms with Crippen LogP contribution in [0.4, 0.5) is 5.82 Å². The van der Waals surface area contributed by atoms with Gasteiger partial charge in [0, 0.05) is 22.2 Å². The highest BCUT2D eigenvalue weighted by Crippen LogP contribution is 2.68. The molecule has 0 saturated heterocycles. The van der Waals surface area contributed by atoms with E-state index in [4.69, 9.17) is 22.3 Å². The Labute approximate surface area is 219 Å². The van der Waals surface area contributed by atoms with Crippen molar-refractivity contribution in [2.45, 2.75) is 77.2 Å². The highest BCUT2D eigenvalue weighted by atomic mass is 35.5. The van der Waals surface area contributed by atoms with Gasteiger partial charge in [-0.15, -0.1) is 0 Å². The number of benzene rings is 1. The Kier molecular flexibility index (Phi) is 5.74. The second-order valence-corrected chi connectivity index (χ2v) is 12.7. The Hall–Kier alpha value is -2.35. The number of aliphatic hydroxyl groups is 1. The molecule has 5 heteroatoms. The lowest BCUT2D eigenvalue weighted by molar-refractivity contribution is -0.0412. The summed E-state index contributed by atoms with van der Waals surface area (Å²) in [5, 5.41) is 20.8. The normalized spacial score (nSPS) is 37.3. The first-order valence-electron chi connectivity index (χ1n) is 13.6. The first kappa shape index (κ1) is 24.0. The third kappa shape index (κ3) is 3.54. The van der Waals surface area contributed by atoms with Crippen molar-refractivity contribution in [3.05, 3.63) is 58.3 Å². The number of anilines is 1. The van der Waals surface area contributed by atoms with Gasteiger partial charge in [0.1, 0.15) is 17.5 Å². The van der Waals surface area contributed by atoms with Crippen molar-refractivity contribution in [3.63, 3.8) is 0 Å². The lowest BCUT2D eigenvalue weighted by Crippen LogP contribution is -2.50. The van der Waals surface area contributed by atoms with E-state index in [0.29, 0.717) is 40.1 Å². The molecule has 36 heavy (non-hydrogen) atoms. The summed E-state index contributed by atoms with van der Waals surface area (Å²) in [6, 6.07) is 12.1. The van der Waals surface area contributed by atoms with Crippen molar-refractivity contribution in [1.82, 2.24) is 4.98 Å². The number of aromatic nitrogens is 1. The number of pyridine rings is 1. The van der Waals surface area contributed by atoms with Gasteiger partial charge >= 0.3 is 0 Å². The molecule has 0 unspecified atom stereocenters. The minimum absolute atomic E-state index is 0.159. The maximum Gasteiger partial charge on any atom is 0.142 e. The summed E-state index contributed by atoms with van der Waals surface area (Å²) in [5.74, 6) is 2.75. The number of aliphatic hydroxyl groups excluding tert-OH is 1. The van der Waals surface area contributed by atoms with Gasteiger partial charge in [-0.05, 0) is 104 Å². The molecule has 3 N–H and O–H groups in total. The van der Waals surface area contributed by atoms with E-state index in [0.717, 1.165) is 48.9 Å². The smallest absolute Gasteiger partial charge is 0.142 e. The minimum Gasteiger partial charge on any atom is -0.393 e. The molecular weight excluding hydrogens is 466 g/mol. The molecule has 1 heterocycles. The maximum absolute atomic E-state index is 10.3. The van der Waals surface area contributed by atoms with E-state index in [1.165, 1.54) is 24.8 Å². The molecule has 0 radical (unpaired) electrons. The van der Waals surface area contributed by atoms with E-state index in [2.05, 4.69) is 32.1 Å². The standard InChI is InChI=1S/C31H36ClN3O/c1-30-13-11-21(36)15-19(30)5-8-22-25-9-10-27(31(25,2)14-12-26(22)30)28-16-23(24(17-33)29(34)35-28)18-3-6-20(32)7-4-18/h3-7,16,21-22,25-27,36H,8-15H2,1-2H3,(H2,34,35)/t21-,22-,25-,26-,27+,30-,31-/m0/s1. The molecule has 0 amide bonds. The van der Waals surface area contributed by atoms with Crippen LogP contribution in [0, 0.1) is 39.9 Å². The third-order valence-corrected chi connectivity index (χ3v) is 11.0. The quantitative estimate of drug-likeness (QED) is 0.424. The van der Waals surface area contributed by atoms with Gasteiger partial charge in [0.2, 0.25) is 0 Å². The fourth-order valence-electron chi connectivity index (χ4n) is 8.87. The maximum atomic E-state index is 10.3. The number of rotatable bonds is 2. The molecular formula is C31H36ClN3O. The predicted octanol–water partition coefficient (Wildman–Crippen LogP) is 7.26. The van der Waals surface area contributed by atoms with Crippen molar-refractivity contribution in [2.75, 3.05) is 5.73 Å². The SMILES string of the molecule is C[C@]12CC[C@H]3[C@@H](CC=C4C[C@@H](O)CC[C@@]43C)[C@@H]1CC[C@@H]2c1cc(-c2ccc(Cl)cc2)c(C#N)c(N)n1. The molecule has 0 spiro atoms. The molecule has 1 aromatic carbocycles. The number of nitrogens with two attached hydrogens (primary N) is 1. The molecule has 4 nitrogen and oxygen atoms in total. The average Bonchev–Trinajstić information content (AvgIpc) is 3.22. The first-order valence-corrected chi connectivity index (χ1v) is 14.0. The van der Waals surface area contributed by atoms with Crippen LogP contribution in [-0.4, -0.2) is 16.2 Å². The summed E-state index contributed by atoms with van der Waals surface area (Å²) < 4.78 is 0. The van der Waals surface area contributed by atoms with E-state index < -0.39 is 0 Å². The topological polar surface area (TPSA) is 82.9 Å². The molecule has 2 aromatic rings. The van der Waals surface area contributed by atoms with Crippen LogP contribution in [0.5, 0.6) is 0 Å². The summed E-state index contributed by atoms with van der Waals surface area (Å²) in [6.45, 7) is 4.98. The van der Waals surface area contributed by atoms with Crippen LogP contribution in [0.15, 0.2) is 42.0 Å². The van der Waals surface area contributed by atoms with Crippen LogP contribution in [0.2, 0.25) is 5.02 Å². The predicted molar refractivity (Wildman–Crippen MR) is 144 cm³/mol. The summed E-state index contributed by atoms with van der Waals surface area (Å²) >= 11 is 6.13. The number of allylic oxidation sites excluding steroid dienone is 1. The Morgan fingerprint density at radius 1 is 1.08 bits per heavy atom. The number of fused-ring (bicyclic) bond motifs is 5. The summed E-state index contributed by atoms with van der Waals surface area (Å²) in [6.07, 6.45) is 11.2. The third-order valence-electron chi connectivity index (χ3n) is 10.8. The molecule has 3 saturated carbocycles. The van der Waals surface area contributed by atoms with E-state index >= 15 is 0 Å². The largest absolute Gasteiger partial charge is 0.393 e. The number of hydrogen-bond donors (Lipinski definition) is 2. The molecule has 0 aliphatic heterocycles. The Morgan fingerprint density at radius 3 is 2.61 bits per heavy atom. The zero-order chi connectivity index (χ0) is 25.2. The van der Waals surface area contributed by atoms with Crippen molar-refractivity contribution in [1.29, 1.82) is 5.26 Å². The number of nitrogens with zero attached hydrogens (tertiary/aromatic N) is 2. The van der Waals surface area contributed by atoms with Crippen LogP contribution in [0.1, 0.15) is 82.4 Å². The van der Waals surface area contributed by atoms with Crippen molar-refractivity contribution in [2.24, 2.45) is 28.6 Å². The van der Waals surface area contributed by atoms with Gasteiger partial charge in [-0.1, -0.05) is 49.2 Å². The van der Waals surface area contributed by atoms with Gasteiger partial charge in [0.05, 0.1) is 6.10 Å². The zero-order valence-electron chi connectivity index (χ0n) is 21.3. The summed E-state index contributed by atoms with van der Waals surface area (Å²) in [4.78, 5) is 4.85. The first-order chi connectivity index (χ1) is 17.2. The van der Waals surface area contributed by atoms with Gasteiger partial charge in [-0.2, -0.15) is 5.26 Å². The van der Waals surface area contributed by atoms with Gasteiger partial charge in [-0.25, -0.2) is 4.98 Å². The Balaban J connectivity index is 1.35. The minimum atomic E-state index is -0.159. The fraction of sp³-hybridized carbons (Fsp3) is 0.548. The average molecular weight is 502 g/mol. The van der Waals surface area contributed by atoms with Gasteiger partial charge < -0.3 is 10.8 Å². The lowest BCUT2D eigenvalue weighted by Gasteiger charge is -2.58. The number of nitrogen functional groups attached to an aromatic ring is 1. The van der Waals surface area contributed by atoms with E-state index in [1.807, 2.05) is 24.3 Å². The molecule has 4 aliphatic rings. The van der Waals surface area contributed by atoms with Crippen LogP contribution in [0.25, 0.3) is 11.1 Å². The molecule has 7 atom stereocenters. The van der Waals surface area contributed by atoms with Crippen molar-refractivity contribution < 1.29 is 5.11 Å². The highest BCUT2D eigenvalue weighted by molar-refractivity contribution is 6.30. The van der Waals surface area contributed by atoms with E-state index in [9.17, 15) is 10.4 Å². The van der Waals surface area contributed by atoms with Gasteiger partial charge in [0.15, 0.2) is 0 Å². The van der Waals surface area contributed by atoms with Crippen molar-refractivity contribution in [3.8, 4) is 17.2 Å². The molecule has 1 aromatic heterocycles. The molecule has 6 rings (SSSR count). The highest BCUT2D eigenvalue weighted by Gasteiger charge is 2.59. The molecule has 4 aliphatic carbocycles. The van der Waals surface area contributed by atoms with Crippen LogP contribution < -0.4 is 5.73 Å². The van der Waals surface area contributed by atoms with Gasteiger partial charge in [0.25, 0.3) is 0 Å². The van der Waals surface area contributed by atoms with E-state index in [-0.39, 0.29) is 16.9 Å². The van der Waals surface area contributed by atoms with Crippen LogP contribution in [-0.2, 0) is 0 Å². The number of nitriles is 1. The monoisotopic (exact) mass is 501 g/mol. The molecule has 0 bridgehead atoms. The second kappa shape index (κ2) is 8.61. The summed E-state index contributed by atoms with van der Waals surface area (Å²) in [5.41, 5.74) is 11.6. The number of halogens is 1. The second-order valence-electron chi connectivity index (χ2n) is 12.3. The van der Waals surface area contributed by atoms with Crippen molar-refractivity contribution >= 4 is 17.4 Å². The fourth-order valence-corrected chi connectivity index (χ4v) is 8.99. The Morgan fingerprint density at radius 2 is 1.86 bits per heavy atom. The van der Waals surface area contributed by atoms with E-state index in [1.54, 1.807) is 0 Å². The zero-order valence-corrected chi connectivity index (χ0v) is 22.1. The molecule has 3 fully saturated rings. The number of hydrogen-bond acceptors (Lipinski definition) is 4. The Bertz CT molecular complexity index is 1260. The lowest BCUT2D eigenvalue weighted by atomic mass is 9.47. The molecule has 188 valence electrons. The van der Waals surface area contributed by atoms with Crippen LogP contribution in [0.3, 0.4) is 0 Å². The van der Waals surface area contributed by atoms with Crippen LogP contribution >= 0.6 is 11.6 Å². The van der Waals surface area contributed by atoms with Gasteiger partial charge in [-0.3, -0.25) is 0 Å². The summed E-state index contributed by atoms with van der Waals surface area (Å²) in [7, 11) is 0.